The number of pyridine rings is 2. The van der Waals surface area contributed by atoms with Crippen LogP contribution in [0.5, 0.6) is 0 Å². The van der Waals surface area contributed by atoms with Gasteiger partial charge in [0.25, 0.3) is 0 Å². The molecule has 2 aromatic heterocycles. The number of nitrogens with one attached hydrogen (secondary N) is 2. The molecule has 2 aromatic carbocycles. The highest BCUT2D eigenvalue weighted by Gasteiger charge is 2.20. The van der Waals surface area contributed by atoms with Crippen molar-refractivity contribution < 1.29 is 0 Å². The van der Waals surface area contributed by atoms with Crippen LogP contribution in [0.4, 0.5) is 11.4 Å². The van der Waals surface area contributed by atoms with Gasteiger partial charge in [-0.25, -0.2) is 0 Å². The van der Waals surface area contributed by atoms with E-state index >= 15 is 0 Å². The van der Waals surface area contributed by atoms with Crippen molar-refractivity contribution in [2.24, 2.45) is 0 Å². The van der Waals surface area contributed by atoms with Crippen LogP contribution >= 0.6 is 0 Å². The van der Waals surface area contributed by atoms with Crippen molar-refractivity contribution in [3.05, 3.63) is 69.5 Å². The number of fused-ring (bicyclic) bond motifs is 4. The molecule has 0 fully saturated rings. The Balaban J connectivity index is 1.05. The molecule has 2 N–H and O–H groups in total. The zero-order valence-corrected chi connectivity index (χ0v) is 24.2. The molecule has 4 heteroatoms. The van der Waals surface area contributed by atoms with E-state index in [1.54, 1.807) is 0 Å². The summed E-state index contributed by atoms with van der Waals surface area (Å²) in [4.78, 5) is 10.1. The van der Waals surface area contributed by atoms with Gasteiger partial charge in [0.1, 0.15) is 0 Å². The molecule has 0 radical (unpaired) electrons. The normalized spacial score (nSPS) is 14.8. The minimum atomic E-state index is 1.04. The molecule has 0 amide bonds. The molecule has 0 saturated heterocycles. The van der Waals surface area contributed by atoms with Crippen molar-refractivity contribution in [3.8, 4) is 0 Å². The topological polar surface area (TPSA) is 49.8 Å². The average Bonchev–Trinajstić information content (AvgIpc) is 2.94. The molecular formula is C35H44N4. The molecule has 39 heavy (non-hydrogen) atoms. The first kappa shape index (κ1) is 26.1. The fraction of sp³-hybridized carbons (Fsp3) is 0.486. The molecule has 4 aromatic rings. The van der Waals surface area contributed by atoms with Gasteiger partial charge in [-0.1, -0.05) is 36.1 Å². The second kappa shape index (κ2) is 11.5. The average molecular weight is 521 g/mol. The van der Waals surface area contributed by atoms with E-state index in [4.69, 9.17) is 9.97 Å². The lowest BCUT2D eigenvalue weighted by Gasteiger charge is -2.23. The summed E-state index contributed by atoms with van der Waals surface area (Å²) in [5.41, 5.74) is 14.6. The molecule has 2 heterocycles. The van der Waals surface area contributed by atoms with Crippen LogP contribution in [0.25, 0.3) is 21.8 Å². The summed E-state index contributed by atoms with van der Waals surface area (Å²) in [6.45, 7) is 8.67. The summed E-state index contributed by atoms with van der Waals surface area (Å²) in [5, 5.41) is 10.4. The SMILES string of the molecule is Cc1ccc2nc3c(c(NCCCCCCNc4c5c(nc6c(C)cc(C)cc46)CCCC5)c2c1)CCCC3. The number of hydrogen-bond donors (Lipinski definition) is 2. The Morgan fingerprint density at radius 3 is 1.90 bits per heavy atom. The molecule has 0 bridgehead atoms. The number of aryl methyl sites for hydroxylation is 5. The van der Waals surface area contributed by atoms with Crippen molar-refractivity contribution >= 4 is 33.2 Å². The van der Waals surface area contributed by atoms with Crippen molar-refractivity contribution in [3.63, 3.8) is 0 Å². The second-order valence-corrected chi connectivity index (χ2v) is 12.0. The molecule has 0 saturated carbocycles. The van der Waals surface area contributed by atoms with Gasteiger partial charge < -0.3 is 10.6 Å². The first-order valence-electron chi connectivity index (χ1n) is 15.4. The monoisotopic (exact) mass is 520 g/mol. The van der Waals surface area contributed by atoms with Gasteiger partial charge in [0.15, 0.2) is 0 Å². The largest absolute Gasteiger partial charge is 0.384 e. The third kappa shape index (κ3) is 5.48. The maximum atomic E-state index is 5.12. The number of unbranched alkanes of at least 4 members (excludes halogenated alkanes) is 3. The van der Waals surface area contributed by atoms with Crippen LogP contribution in [0, 0.1) is 20.8 Å². The molecule has 204 valence electrons. The van der Waals surface area contributed by atoms with E-state index in [0.29, 0.717) is 0 Å². The van der Waals surface area contributed by atoms with Gasteiger partial charge in [-0.2, -0.15) is 0 Å². The Morgan fingerprint density at radius 1 is 0.615 bits per heavy atom. The number of benzene rings is 2. The van der Waals surface area contributed by atoms with E-state index in [-0.39, 0.29) is 0 Å². The first-order chi connectivity index (χ1) is 19.1. The molecule has 0 atom stereocenters. The highest BCUT2D eigenvalue weighted by Crippen LogP contribution is 2.36. The lowest BCUT2D eigenvalue weighted by molar-refractivity contribution is 0.660. The number of rotatable bonds is 9. The molecule has 0 spiro atoms. The minimum Gasteiger partial charge on any atom is -0.384 e. The lowest BCUT2D eigenvalue weighted by Crippen LogP contribution is -2.13. The van der Waals surface area contributed by atoms with Crippen LogP contribution in [0.1, 0.15) is 90.6 Å². The zero-order chi connectivity index (χ0) is 26.8. The molecule has 2 aliphatic rings. The van der Waals surface area contributed by atoms with Gasteiger partial charge in [-0.05, 0) is 120 Å². The quantitative estimate of drug-likeness (QED) is 0.217. The summed E-state index contributed by atoms with van der Waals surface area (Å²) in [6, 6.07) is 11.3. The summed E-state index contributed by atoms with van der Waals surface area (Å²) in [6.07, 6.45) is 14.6. The van der Waals surface area contributed by atoms with E-state index in [1.807, 2.05) is 0 Å². The van der Waals surface area contributed by atoms with Crippen LogP contribution in [-0.4, -0.2) is 23.1 Å². The van der Waals surface area contributed by atoms with Gasteiger partial charge in [0, 0.05) is 46.6 Å². The third-order valence-electron chi connectivity index (χ3n) is 8.83. The minimum absolute atomic E-state index is 1.04. The summed E-state index contributed by atoms with van der Waals surface area (Å²) < 4.78 is 0. The third-order valence-corrected chi connectivity index (χ3v) is 8.83. The van der Waals surface area contributed by atoms with Crippen LogP contribution in [0.15, 0.2) is 30.3 Å². The van der Waals surface area contributed by atoms with E-state index in [0.717, 1.165) is 44.3 Å². The van der Waals surface area contributed by atoms with E-state index < -0.39 is 0 Å². The summed E-state index contributed by atoms with van der Waals surface area (Å²) in [7, 11) is 0. The fourth-order valence-corrected chi connectivity index (χ4v) is 6.85. The molecule has 6 rings (SSSR count). The van der Waals surface area contributed by atoms with Crippen LogP contribution in [0.2, 0.25) is 0 Å². The fourth-order valence-electron chi connectivity index (χ4n) is 6.85. The molecule has 0 unspecified atom stereocenters. The Morgan fingerprint density at radius 2 is 1.21 bits per heavy atom. The lowest BCUT2D eigenvalue weighted by atomic mass is 9.91. The second-order valence-electron chi connectivity index (χ2n) is 12.0. The predicted octanol–water partition coefficient (Wildman–Crippen LogP) is 8.55. The first-order valence-corrected chi connectivity index (χ1v) is 15.4. The van der Waals surface area contributed by atoms with Crippen LogP contribution in [-0.2, 0) is 25.7 Å². The van der Waals surface area contributed by atoms with Crippen LogP contribution in [0.3, 0.4) is 0 Å². The van der Waals surface area contributed by atoms with Gasteiger partial charge in [0.05, 0.1) is 11.0 Å². The highest BCUT2D eigenvalue weighted by molar-refractivity contribution is 5.96. The predicted molar refractivity (Wildman–Crippen MR) is 166 cm³/mol. The zero-order valence-electron chi connectivity index (χ0n) is 24.2. The maximum Gasteiger partial charge on any atom is 0.0755 e. The Labute approximate surface area is 234 Å². The molecular weight excluding hydrogens is 476 g/mol. The standard InChI is InChI=1S/C35H44N4/c1-23-16-17-32-28(21-23)34(26-12-6-8-14-30(26)38-32)36-18-10-4-5-11-19-37-35-27-13-7-9-15-31(27)39-33-25(3)20-24(2)22-29(33)35/h16-17,20-22H,4-15,18-19H2,1-3H3,(H,36,38)(H,37,39). The smallest absolute Gasteiger partial charge is 0.0755 e. The number of anilines is 2. The van der Waals surface area contributed by atoms with Gasteiger partial charge in [-0.3, -0.25) is 9.97 Å². The van der Waals surface area contributed by atoms with Crippen molar-refractivity contribution in [1.29, 1.82) is 0 Å². The number of hydrogen-bond acceptors (Lipinski definition) is 4. The summed E-state index contributed by atoms with van der Waals surface area (Å²) >= 11 is 0. The van der Waals surface area contributed by atoms with Crippen LogP contribution < -0.4 is 10.6 Å². The van der Waals surface area contributed by atoms with Crippen molar-refractivity contribution in [1.82, 2.24) is 9.97 Å². The Kier molecular flexibility index (Phi) is 7.72. The van der Waals surface area contributed by atoms with Gasteiger partial charge in [0.2, 0.25) is 0 Å². The Hall–Kier alpha value is -3.14. The number of nitrogens with zero attached hydrogens (tertiary/aromatic N) is 2. The highest BCUT2D eigenvalue weighted by atomic mass is 14.9. The molecule has 2 aliphatic carbocycles. The van der Waals surface area contributed by atoms with E-state index in [1.165, 1.54) is 118 Å². The van der Waals surface area contributed by atoms with Gasteiger partial charge >= 0.3 is 0 Å². The molecule has 0 aliphatic heterocycles. The Bertz CT molecular complexity index is 1500. The molecule has 4 nitrogen and oxygen atoms in total. The summed E-state index contributed by atoms with van der Waals surface area (Å²) in [5.74, 6) is 0. The maximum absolute atomic E-state index is 5.12. The van der Waals surface area contributed by atoms with Crippen molar-refractivity contribution in [2.45, 2.75) is 97.8 Å². The van der Waals surface area contributed by atoms with Gasteiger partial charge in [-0.15, -0.1) is 0 Å². The van der Waals surface area contributed by atoms with Crippen molar-refractivity contribution in [2.75, 3.05) is 23.7 Å². The van der Waals surface area contributed by atoms with E-state index in [9.17, 15) is 0 Å². The number of aromatic nitrogens is 2. The van der Waals surface area contributed by atoms with E-state index in [2.05, 4.69) is 61.7 Å².